The lowest BCUT2D eigenvalue weighted by Gasteiger charge is -2.44. The van der Waals surface area contributed by atoms with E-state index in [1.807, 2.05) is 0 Å². The summed E-state index contributed by atoms with van der Waals surface area (Å²) in [6.07, 6.45) is 19.9. The van der Waals surface area contributed by atoms with Gasteiger partial charge in [0, 0.05) is 19.1 Å². The zero-order valence-corrected chi connectivity index (χ0v) is 29.0. The van der Waals surface area contributed by atoms with Crippen molar-refractivity contribution < 1.29 is 13.9 Å². The Morgan fingerprint density at radius 1 is 1.02 bits per heavy atom. The van der Waals surface area contributed by atoms with Gasteiger partial charge in [0.05, 0.1) is 5.60 Å². The SMILES string of the molecule is C=C1CC[C@H](O[Si](C)(C)C(C)(C)C)C/C1=C/C=C1\CCC[C@]2(C)[C@H]1CC[C@H]2[C@H](C)/C=C/[C@H](C)C(C)(C)OCOC. The fraction of sp³-hybridized carbons (Fsp3) is 0.778. The van der Waals surface area contributed by atoms with Crippen molar-refractivity contribution in [2.45, 2.75) is 137 Å². The van der Waals surface area contributed by atoms with Crippen LogP contribution in [0.15, 0.2) is 47.6 Å². The Labute approximate surface area is 249 Å². The predicted octanol–water partition coefficient (Wildman–Crippen LogP) is 10.4. The number of methoxy groups -OCH3 is 1. The van der Waals surface area contributed by atoms with Crippen molar-refractivity contribution in [3.63, 3.8) is 0 Å². The van der Waals surface area contributed by atoms with Crippen LogP contribution in [0.2, 0.25) is 18.1 Å². The molecule has 3 saturated carbocycles. The van der Waals surface area contributed by atoms with E-state index in [0.29, 0.717) is 36.1 Å². The molecule has 0 aromatic rings. The Morgan fingerprint density at radius 2 is 1.73 bits per heavy atom. The average Bonchev–Trinajstić information content (AvgIpc) is 3.22. The molecule has 0 aromatic heterocycles. The van der Waals surface area contributed by atoms with Gasteiger partial charge in [0.15, 0.2) is 8.32 Å². The third kappa shape index (κ3) is 7.71. The van der Waals surface area contributed by atoms with E-state index >= 15 is 0 Å². The van der Waals surface area contributed by atoms with Crippen LogP contribution in [-0.2, 0) is 13.9 Å². The van der Waals surface area contributed by atoms with Crippen molar-refractivity contribution in [2.24, 2.45) is 29.1 Å². The average molecular weight is 571 g/mol. The highest BCUT2D eigenvalue weighted by Crippen LogP contribution is 2.59. The molecule has 3 nitrogen and oxygen atoms in total. The molecule has 0 N–H and O–H groups in total. The minimum Gasteiger partial charge on any atom is -0.414 e. The molecular formula is C36H62O3Si. The number of hydrogen-bond acceptors (Lipinski definition) is 3. The summed E-state index contributed by atoms with van der Waals surface area (Å²) in [7, 11) is -0.0801. The smallest absolute Gasteiger partial charge is 0.192 e. The van der Waals surface area contributed by atoms with Crippen LogP contribution in [0, 0.1) is 29.1 Å². The Bertz CT molecular complexity index is 965. The van der Waals surface area contributed by atoms with E-state index in [-0.39, 0.29) is 10.6 Å². The molecule has 0 bridgehead atoms. The topological polar surface area (TPSA) is 27.7 Å². The first kappa shape index (κ1) is 33.6. The Balaban J connectivity index is 1.71. The largest absolute Gasteiger partial charge is 0.414 e. The third-order valence-corrected chi connectivity index (χ3v) is 16.0. The summed E-state index contributed by atoms with van der Waals surface area (Å²) in [6, 6.07) is 0. The van der Waals surface area contributed by atoms with Gasteiger partial charge in [-0.1, -0.05) is 83.6 Å². The van der Waals surface area contributed by atoms with Gasteiger partial charge in [-0.15, -0.1) is 0 Å². The number of hydrogen-bond donors (Lipinski definition) is 0. The van der Waals surface area contributed by atoms with E-state index in [2.05, 4.69) is 99.4 Å². The van der Waals surface area contributed by atoms with E-state index in [9.17, 15) is 0 Å². The first-order chi connectivity index (χ1) is 18.5. The molecule has 0 spiro atoms. The van der Waals surface area contributed by atoms with Gasteiger partial charge in [0.2, 0.25) is 0 Å². The summed E-state index contributed by atoms with van der Waals surface area (Å²) < 4.78 is 17.9. The number of fused-ring (bicyclic) bond motifs is 1. The summed E-state index contributed by atoms with van der Waals surface area (Å²) in [5.41, 5.74) is 4.57. The molecule has 3 fully saturated rings. The third-order valence-electron chi connectivity index (χ3n) is 11.5. The molecule has 0 saturated heterocycles. The van der Waals surface area contributed by atoms with Gasteiger partial charge in [0.25, 0.3) is 0 Å². The van der Waals surface area contributed by atoms with Crippen LogP contribution in [-0.4, -0.2) is 33.9 Å². The molecule has 0 radical (unpaired) electrons. The summed E-state index contributed by atoms with van der Waals surface area (Å²) in [5.74, 6) is 2.33. The second-order valence-electron chi connectivity index (χ2n) is 15.6. The second-order valence-corrected chi connectivity index (χ2v) is 20.3. The molecule has 40 heavy (non-hydrogen) atoms. The van der Waals surface area contributed by atoms with Gasteiger partial charge in [0.1, 0.15) is 6.79 Å². The highest BCUT2D eigenvalue weighted by Gasteiger charge is 2.50. The van der Waals surface area contributed by atoms with Gasteiger partial charge < -0.3 is 13.9 Å². The van der Waals surface area contributed by atoms with Crippen molar-refractivity contribution in [3.05, 3.63) is 47.6 Å². The van der Waals surface area contributed by atoms with E-state index in [4.69, 9.17) is 13.9 Å². The van der Waals surface area contributed by atoms with Gasteiger partial charge in [-0.3, -0.25) is 0 Å². The first-order valence-corrected chi connectivity index (χ1v) is 19.0. The number of ether oxygens (including phenoxy) is 2. The summed E-state index contributed by atoms with van der Waals surface area (Å²) in [6.45, 7) is 28.2. The molecule has 4 heteroatoms. The van der Waals surface area contributed by atoms with Crippen molar-refractivity contribution in [1.82, 2.24) is 0 Å². The van der Waals surface area contributed by atoms with Gasteiger partial charge in [-0.25, -0.2) is 0 Å². The van der Waals surface area contributed by atoms with Crippen LogP contribution in [0.25, 0.3) is 0 Å². The zero-order chi connectivity index (χ0) is 29.9. The van der Waals surface area contributed by atoms with Crippen LogP contribution < -0.4 is 0 Å². The summed E-state index contributed by atoms with van der Waals surface area (Å²) in [5, 5.41) is 0.247. The zero-order valence-electron chi connectivity index (χ0n) is 28.0. The van der Waals surface area contributed by atoms with Crippen LogP contribution >= 0.6 is 0 Å². The van der Waals surface area contributed by atoms with Crippen LogP contribution in [0.4, 0.5) is 0 Å². The molecule has 228 valence electrons. The highest BCUT2D eigenvalue weighted by atomic mass is 28.4. The molecule has 0 aromatic carbocycles. The lowest BCUT2D eigenvalue weighted by Crippen LogP contribution is -2.44. The Kier molecular flexibility index (Phi) is 11.0. The molecule has 0 heterocycles. The molecule has 3 aliphatic carbocycles. The number of rotatable bonds is 10. The predicted molar refractivity (Wildman–Crippen MR) is 174 cm³/mol. The van der Waals surface area contributed by atoms with E-state index in [1.54, 1.807) is 12.7 Å². The van der Waals surface area contributed by atoms with Crippen LogP contribution in [0.1, 0.15) is 107 Å². The van der Waals surface area contributed by atoms with Gasteiger partial charge >= 0.3 is 0 Å². The lowest BCUT2D eigenvalue weighted by molar-refractivity contribution is -0.128. The molecule has 0 aliphatic heterocycles. The summed E-state index contributed by atoms with van der Waals surface area (Å²) >= 11 is 0. The quantitative estimate of drug-likeness (QED) is 0.148. The van der Waals surface area contributed by atoms with Crippen molar-refractivity contribution in [3.8, 4) is 0 Å². The fourth-order valence-electron chi connectivity index (χ4n) is 7.27. The van der Waals surface area contributed by atoms with Crippen molar-refractivity contribution >= 4 is 8.32 Å². The molecule has 0 amide bonds. The maximum atomic E-state index is 6.84. The van der Waals surface area contributed by atoms with E-state index in [0.717, 1.165) is 25.2 Å². The monoisotopic (exact) mass is 570 g/mol. The van der Waals surface area contributed by atoms with Crippen molar-refractivity contribution in [2.75, 3.05) is 13.9 Å². The Morgan fingerprint density at radius 3 is 2.38 bits per heavy atom. The van der Waals surface area contributed by atoms with Gasteiger partial charge in [-0.05, 0) is 112 Å². The van der Waals surface area contributed by atoms with Crippen LogP contribution in [0.3, 0.4) is 0 Å². The second kappa shape index (κ2) is 13.1. The minimum absolute atomic E-state index is 0.236. The minimum atomic E-state index is -1.77. The molecular weight excluding hydrogens is 508 g/mol. The molecule has 3 aliphatic rings. The normalized spacial score (nSPS) is 32.2. The maximum Gasteiger partial charge on any atom is 0.192 e. The first-order valence-electron chi connectivity index (χ1n) is 16.1. The van der Waals surface area contributed by atoms with Gasteiger partial charge in [-0.2, -0.15) is 0 Å². The van der Waals surface area contributed by atoms with E-state index in [1.165, 1.54) is 43.3 Å². The highest BCUT2D eigenvalue weighted by molar-refractivity contribution is 6.74. The standard InChI is InChI=1S/C36H62O3Si/c1-26-16-20-31(39-40(11,12)34(4,5)6)24-30(26)19-18-29-14-13-23-36(9)32(21-22-33(29)36)27(2)15-17-28(3)35(7,8)38-25-37-10/h15,17-19,27-28,31-33H,1,13-14,16,20-25H2,2-12H3/b17-15+,29-18+,30-19-/t27-,28+,31+,32+,33+,36+/m1/s1. The lowest BCUT2D eigenvalue weighted by atomic mass is 9.61. The molecule has 3 rings (SSSR count). The number of allylic oxidation sites excluding steroid dienone is 5. The van der Waals surface area contributed by atoms with E-state index < -0.39 is 8.32 Å². The fourth-order valence-corrected chi connectivity index (χ4v) is 8.66. The maximum absolute atomic E-state index is 6.84. The molecule has 0 unspecified atom stereocenters. The van der Waals surface area contributed by atoms with Crippen LogP contribution in [0.5, 0.6) is 0 Å². The van der Waals surface area contributed by atoms with Crippen molar-refractivity contribution in [1.29, 1.82) is 0 Å². The Hall–Kier alpha value is -0.943. The summed E-state index contributed by atoms with van der Waals surface area (Å²) in [4.78, 5) is 0. The molecule has 6 atom stereocenters.